The zero-order valence-electron chi connectivity index (χ0n) is 13.2. The van der Waals surface area contributed by atoms with Gasteiger partial charge in [-0.3, -0.25) is 14.9 Å². The van der Waals surface area contributed by atoms with Crippen molar-refractivity contribution >= 4 is 27.3 Å². The Morgan fingerprint density at radius 3 is 2.71 bits per heavy atom. The molecule has 11 heteroatoms. The number of nitro benzene ring substituents is 1. The van der Waals surface area contributed by atoms with Crippen LogP contribution in [0.5, 0.6) is 0 Å². The average molecular weight is 358 g/mol. The zero-order chi connectivity index (χ0) is 18.1. The van der Waals surface area contributed by atoms with Gasteiger partial charge in [0.15, 0.2) is 0 Å². The second kappa shape index (κ2) is 6.71. The minimum atomic E-state index is -4.05. The van der Waals surface area contributed by atoms with Gasteiger partial charge in [0.05, 0.1) is 23.0 Å². The molecule has 10 nitrogen and oxygen atoms in total. The van der Waals surface area contributed by atoms with Crippen molar-refractivity contribution in [2.24, 2.45) is 5.14 Å². The molecular formula is C13H18N4O6S. The number of nitrogens with zero attached hydrogens (tertiary/aromatic N) is 3. The van der Waals surface area contributed by atoms with E-state index in [1.165, 1.54) is 24.0 Å². The lowest BCUT2D eigenvalue weighted by atomic mass is 10.2. The second-order valence-electron chi connectivity index (χ2n) is 5.35. The third-order valence-electron chi connectivity index (χ3n) is 3.78. The fraction of sp³-hybridized carbons (Fsp3) is 0.462. The highest BCUT2D eigenvalue weighted by Gasteiger charge is 2.29. The van der Waals surface area contributed by atoms with Crippen molar-refractivity contribution in [2.45, 2.75) is 18.0 Å². The molecular weight excluding hydrogens is 340 g/mol. The summed E-state index contributed by atoms with van der Waals surface area (Å²) in [6.07, 6.45) is -0.582. The second-order valence-corrected chi connectivity index (χ2v) is 6.92. The number of sulfonamides is 1. The van der Waals surface area contributed by atoms with Crippen LogP contribution in [0.1, 0.15) is 6.92 Å². The molecule has 1 saturated heterocycles. The number of primary sulfonamides is 1. The van der Waals surface area contributed by atoms with Gasteiger partial charge in [0.25, 0.3) is 5.69 Å². The van der Waals surface area contributed by atoms with Crippen molar-refractivity contribution in [3.8, 4) is 0 Å². The number of hydrogen-bond acceptors (Lipinski definition) is 7. The van der Waals surface area contributed by atoms with Gasteiger partial charge in [-0.25, -0.2) is 13.6 Å². The lowest BCUT2D eigenvalue weighted by Gasteiger charge is -2.37. The van der Waals surface area contributed by atoms with Crippen LogP contribution in [0, 0.1) is 10.1 Å². The number of nitrogens with two attached hydrogens (primary N) is 1. The van der Waals surface area contributed by atoms with E-state index in [4.69, 9.17) is 9.88 Å². The van der Waals surface area contributed by atoms with Crippen LogP contribution >= 0.6 is 0 Å². The number of rotatable bonds is 4. The summed E-state index contributed by atoms with van der Waals surface area (Å²) in [4.78, 5) is 24.8. The number of ether oxygens (including phenoxy) is 1. The normalized spacial score (nSPS) is 18.3. The third-order valence-corrected chi connectivity index (χ3v) is 4.69. The van der Waals surface area contributed by atoms with E-state index in [0.29, 0.717) is 13.2 Å². The molecule has 1 atom stereocenters. The summed E-state index contributed by atoms with van der Waals surface area (Å²) in [5, 5.41) is 16.3. The maximum Gasteiger partial charge on any atom is 0.293 e. The zero-order valence-corrected chi connectivity index (χ0v) is 14.0. The van der Waals surface area contributed by atoms with Crippen LogP contribution in [0.25, 0.3) is 0 Å². The van der Waals surface area contributed by atoms with Crippen LogP contribution in [0.4, 0.5) is 11.4 Å². The molecule has 1 aromatic carbocycles. The number of anilines is 1. The van der Waals surface area contributed by atoms with Gasteiger partial charge in [-0.1, -0.05) is 0 Å². The number of carbonyl (C=O) groups excluding carboxylic acids is 1. The van der Waals surface area contributed by atoms with Crippen LogP contribution in [0.2, 0.25) is 0 Å². The molecule has 0 bridgehead atoms. The first-order valence-corrected chi connectivity index (χ1v) is 8.57. The van der Waals surface area contributed by atoms with Gasteiger partial charge in [0.1, 0.15) is 11.9 Å². The van der Waals surface area contributed by atoms with Crippen molar-refractivity contribution < 1.29 is 22.9 Å². The Morgan fingerprint density at radius 1 is 1.50 bits per heavy atom. The molecule has 0 radical (unpaired) electrons. The average Bonchev–Trinajstić information content (AvgIpc) is 2.52. The quantitative estimate of drug-likeness (QED) is 0.585. The summed E-state index contributed by atoms with van der Waals surface area (Å²) in [7, 11) is -2.48. The minimum absolute atomic E-state index is 0.115. The van der Waals surface area contributed by atoms with E-state index in [1.807, 2.05) is 0 Å². The minimum Gasteiger partial charge on any atom is -0.355 e. The molecule has 1 unspecified atom stereocenters. The van der Waals surface area contributed by atoms with Crippen LogP contribution in [0.15, 0.2) is 23.1 Å². The van der Waals surface area contributed by atoms with E-state index in [1.54, 1.807) is 11.9 Å². The van der Waals surface area contributed by atoms with Crippen LogP contribution in [-0.4, -0.2) is 57.1 Å². The maximum absolute atomic E-state index is 11.5. The fourth-order valence-electron chi connectivity index (χ4n) is 2.43. The highest BCUT2D eigenvalue weighted by Crippen LogP contribution is 2.31. The molecule has 2 rings (SSSR count). The summed E-state index contributed by atoms with van der Waals surface area (Å²) in [5.41, 5.74) is -0.240. The Hall–Kier alpha value is -2.24. The van der Waals surface area contributed by atoms with Gasteiger partial charge < -0.3 is 14.5 Å². The number of morpholine rings is 1. The number of amides is 1. The smallest absolute Gasteiger partial charge is 0.293 e. The van der Waals surface area contributed by atoms with E-state index in [2.05, 4.69) is 0 Å². The van der Waals surface area contributed by atoms with Crippen LogP contribution in [0.3, 0.4) is 0 Å². The molecule has 1 aromatic rings. The lowest BCUT2D eigenvalue weighted by molar-refractivity contribution is -0.384. The Labute approximate surface area is 139 Å². The molecule has 2 N–H and O–H groups in total. The maximum atomic E-state index is 11.5. The molecule has 0 spiro atoms. The van der Waals surface area contributed by atoms with Crippen molar-refractivity contribution in [2.75, 3.05) is 31.6 Å². The van der Waals surface area contributed by atoms with Crippen LogP contribution < -0.4 is 10.0 Å². The van der Waals surface area contributed by atoms with E-state index >= 15 is 0 Å². The standard InChI is InChI=1S/C13H18N4O6S/c1-9(18)16-5-6-23-13(8-16)15(2)11-4-3-10(24(14,21)22)7-12(11)17(19)20/h3-4,7,13H,5-6,8H2,1-2H3,(H2,14,21,22). The van der Waals surface area contributed by atoms with E-state index < -0.39 is 26.9 Å². The number of carbonyl (C=O) groups is 1. The van der Waals surface area contributed by atoms with Crippen molar-refractivity contribution in [1.82, 2.24) is 4.90 Å². The first-order chi connectivity index (χ1) is 11.1. The van der Waals surface area contributed by atoms with Gasteiger partial charge in [-0.15, -0.1) is 0 Å². The molecule has 132 valence electrons. The summed E-state index contributed by atoms with van der Waals surface area (Å²) < 4.78 is 28.3. The highest BCUT2D eigenvalue weighted by molar-refractivity contribution is 7.89. The number of likely N-dealkylation sites (N-methyl/N-ethyl adjacent to an activating group) is 1. The molecule has 0 aromatic heterocycles. The Morgan fingerprint density at radius 2 is 2.17 bits per heavy atom. The molecule has 1 aliphatic heterocycles. The van der Waals surface area contributed by atoms with Gasteiger partial charge in [-0.2, -0.15) is 0 Å². The third kappa shape index (κ3) is 3.80. The molecule has 24 heavy (non-hydrogen) atoms. The Kier molecular flexibility index (Phi) is 5.06. The Balaban J connectivity index is 2.36. The molecule has 0 aliphatic carbocycles. The number of nitro groups is 1. The molecule has 1 fully saturated rings. The molecule has 1 aliphatic rings. The van der Waals surface area contributed by atoms with E-state index in [0.717, 1.165) is 6.07 Å². The topological polar surface area (TPSA) is 136 Å². The number of benzene rings is 1. The first-order valence-electron chi connectivity index (χ1n) is 7.02. The van der Waals surface area contributed by atoms with Crippen molar-refractivity contribution in [3.63, 3.8) is 0 Å². The van der Waals surface area contributed by atoms with Gasteiger partial charge >= 0.3 is 0 Å². The Bertz CT molecular complexity index is 766. The predicted octanol–water partition coefficient (Wildman–Crippen LogP) is -0.117. The molecule has 1 amide bonds. The summed E-state index contributed by atoms with van der Waals surface area (Å²) in [5.74, 6) is -0.115. The molecule has 0 saturated carbocycles. The van der Waals surface area contributed by atoms with Crippen molar-refractivity contribution in [3.05, 3.63) is 28.3 Å². The lowest BCUT2D eigenvalue weighted by Crippen LogP contribution is -2.51. The first kappa shape index (κ1) is 18.1. The fourth-order valence-corrected chi connectivity index (χ4v) is 2.97. The van der Waals surface area contributed by atoms with Crippen LogP contribution in [-0.2, 0) is 19.6 Å². The predicted molar refractivity (Wildman–Crippen MR) is 84.9 cm³/mol. The van der Waals surface area contributed by atoms with Gasteiger partial charge in [-0.05, 0) is 12.1 Å². The van der Waals surface area contributed by atoms with Crippen molar-refractivity contribution in [1.29, 1.82) is 0 Å². The number of hydrogen-bond donors (Lipinski definition) is 1. The molecule has 1 heterocycles. The van der Waals surface area contributed by atoms with E-state index in [-0.39, 0.29) is 23.0 Å². The summed E-state index contributed by atoms with van der Waals surface area (Å²) >= 11 is 0. The summed E-state index contributed by atoms with van der Waals surface area (Å²) in [6.45, 7) is 2.44. The van der Waals surface area contributed by atoms with Gasteiger partial charge in [0, 0.05) is 26.6 Å². The van der Waals surface area contributed by atoms with E-state index in [9.17, 15) is 23.3 Å². The largest absolute Gasteiger partial charge is 0.355 e. The monoisotopic (exact) mass is 358 g/mol. The SMILES string of the molecule is CC(=O)N1CCOC(N(C)c2ccc(S(N)(=O)=O)cc2[N+](=O)[O-])C1. The highest BCUT2D eigenvalue weighted by atomic mass is 32.2. The summed E-state index contributed by atoms with van der Waals surface area (Å²) in [6, 6.07) is 3.40. The van der Waals surface area contributed by atoms with Gasteiger partial charge in [0.2, 0.25) is 15.9 Å².